The maximum absolute atomic E-state index is 10.8. The topological polar surface area (TPSA) is 50.8 Å². The molecule has 118 valence electrons. The summed E-state index contributed by atoms with van der Waals surface area (Å²) in [7, 11) is 3.65. The Hall–Kier alpha value is -0.650. The smallest absolute Gasteiger partial charge is 0.219 e. The van der Waals surface area contributed by atoms with Crippen LogP contribution in [0.2, 0.25) is 0 Å². The summed E-state index contributed by atoms with van der Waals surface area (Å²) in [4.78, 5) is 12.4. The monoisotopic (exact) mass is 278 g/mol. The first-order chi connectivity index (χ1) is 9.18. The van der Waals surface area contributed by atoms with Crippen molar-refractivity contribution in [3.05, 3.63) is 0 Å². The third-order valence-corrected chi connectivity index (χ3v) is 1.98. The first-order valence-electron chi connectivity index (χ1n) is 7.20. The third kappa shape index (κ3) is 22.9. The minimum atomic E-state index is 0.0591. The van der Waals surface area contributed by atoms with Crippen molar-refractivity contribution in [3.8, 4) is 0 Å². The molecule has 0 fully saturated rings. The van der Waals surface area contributed by atoms with Gasteiger partial charge in [-0.2, -0.15) is 0 Å². The average molecular weight is 278 g/mol. The predicted octanol–water partition coefficient (Wildman–Crippen LogP) is 1.77. The average Bonchev–Trinajstić information content (AvgIpc) is 2.45. The second-order valence-electron chi connectivity index (χ2n) is 3.27. The van der Waals surface area contributed by atoms with Gasteiger partial charge in [-0.1, -0.05) is 27.7 Å². The quantitative estimate of drug-likeness (QED) is 0.653. The van der Waals surface area contributed by atoms with Gasteiger partial charge in [-0.3, -0.25) is 4.79 Å². The number of carbonyl (C=O) groups is 1. The van der Waals surface area contributed by atoms with Gasteiger partial charge < -0.3 is 19.7 Å². The van der Waals surface area contributed by atoms with E-state index >= 15 is 0 Å². The Kier molecular flexibility index (Phi) is 27.8. The largest absolute Gasteiger partial charge is 0.378 e. The Morgan fingerprint density at radius 1 is 1.00 bits per heavy atom. The SMILES string of the molecule is CC.CC.CNCCOCCOCCN(C)C(C)=O. The molecule has 19 heavy (non-hydrogen) atoms. The number of carbonyl (C=O) groups excluding carboxylic acids is 1. The molecule has 0 rings (SSSR count). The summed E-state index contributed by atoms with van der Waals surface area (Å²) in [6.07, 6.45) is 0. The fourth-order valence-electron chi connectivity index (χ4n) is 0.855. The number of hydrogen-bond acceptors (Lipinski definition) is 4. The molecule has 0 saturated carbocycles. The van der Waals surface area contributed by atoms with E-state index in [1.165, 1.54) is 0 Å². The summed E-state index contributed by atoms with van der Waals surface area (Å²) in [5, 5.41) is 2.99. The Morgan fingerprint density at radius 2 is 1.47 bits per heavy atom. The number of nitrogens with zero attached hydrogens (tertiary/aromatic N) is 1. The molecule has 0 spiro atoms. The molecule has 0 aliphatic rings. The first-order valence-corrected chi connectivity index (χ1v) is 7.20. The normalized spacial score (nSPS) is 8.79. The lowest BCUT2D eigenvalue weighted by Gasteiger charge is -2.14. The Morgan fingerprint density at radius 3 is 1.89 bits per heavy atom. The number of rotatable bonds is 9. The molecule has 1 amide bonds. The fraction of sp³-hybridized carbons (Fsp3) is 0.929. The highest BCUT2D eigenvalue weighted by atomic mass is 16.5. The molecule has 5 nitrogen and oxygen atoms in total. The number of hydrogen-bond donors (Lipinski definition) is 1. The molecule has 0 aromatic carbocycles. The van der Waals surface area contributed by atoms with Crippen molar-refractivity contribution < 1.29 is 14.3 Å². The van der Waals surface area contributed by atoms with E-state index in [1.807, 2.05) is 34.7 Å². The van der Waals surface area contributed by atoms with Crippen LogP contribution < -0.4 is 5.32 Å². The van der Waals surface area contributed by atoms with Gasteiger partial charge in [0.1, 0.15) is 0 Å². The second-order valence-corrected chi connectivity index (χ2v) is 3.27. The second kappa shape index (κ2) is 22.5. The number of nitrogens with one attached hydrogen (secondary N) is 1. The van der Waals surface area contributed by atoms with Crippen LogP contribution in [0.1, 0.15) is 34.6 Å². The standard InChI is InChI=1S/C10H22N2O3.2C2H6/c1-10(13)12(3)5-7-15-9-8-14-6-4-11-2;2*1-2/h11H,4-9H2,1-3H3;2*1-2H3. The zero-order valence-electron chi connectivity index (χ0n) is 13.9. The molecule has 1 N–H and O–H groups in total. The van der Waals surface area contributed by atoms with Crippen molar-refractivity contribution in [2.75, 3.05) is 53.6 Å². The van der Waals surface area contributed by atoms with Crippen molar-refractivity contribution in [2.24, 2.45) is 0 Å². The summed E-state index contributed by atoms with van der Waals surface area (Å²) in [5.41, 5.74) is 0. The van der Waals surface area contributed by atoms with Crippen LogP contribution in [-0.2, 0) is 14.3 Å². The van der Waals surface area contributed by atoms with Crippen LogP contribution in [0.4, 0.5) is 0 Å². The van der Waals surface area contributed by atoms with Crippen LogP contribution >= 0.6 is 0 Å². The lowest BCUT2D eigenvalue weighted by Crippen LogP contribution is -2.28. The zero-order chi connectivity index (χ0) is 15.5. The third-order valence-electron chi connectivity index (χ3n) is 1.98. The Balaban J connectivity index is -0.000000579. The van der Waals surface area contributed by atoms with Gasteiger partial charge in [-0.15, -0.1) is 0 Å². The highest BCUT2D eigenvalue weighted by Gasteiger charge is 2.00. The summed E-state index contributed by atoms with van der Waals surface area (Å²) in [6.45, 7) is 13.5. The van der Waals surface area contributed by atoms with Gasteiger partial charge >= 0.3 is 0 Å². The van der Waals surface area contributed by atoms with E-state index in [-0.39, 0.29) is 5.91 Å². The highest BCUT2D eigenvalue weighted by molar-refractivity contribution is 5.72. The summed E-state index contributed by atoms with van der Waals surface area (Å²) < 4.78 is 10.6. The van der Waals surface area contributed by atoms with E-state index in [0.29, 0.717) is 33.0 Å². The van der Waals surface area contributed by atoms with E-state index < -0.39 is 0 Å². The minimum absolute atomic E-state index is 0.0591. The van der Waals surface area contributed by atoms with Gasteiger partial charge in [0.2, 0.25) is 5.91 Å². The molecule has 0 heterocycles. The molecule has 0 aromatic heterocycles. The Bertz CT molecular complexity index is 167. The zero-order valence-corrected chi connectivity index (χ0v) is 13.9. The van der Waals surface area contributed by atoms with Gasteiger partial charge in [0.25, 0.3) is 0 Å². The van der Waals surface area contributed by atoms with Crippen LogP contribution in [0, 0.1) is 0 Å². The fourth-order valence-corrected chi connectivity index (χ4v) is 0.855. The van der Waals surface area contributed by atoms with Crippen LogP contribution in [0.5, 0.6) is 0 Å². The molecule has 0 saturated heterocycles. The molecular weight excluding hydrogens is 244 g/mol. The summed E-state index contributed by atoms with van der Waals surface area (Å²) in [5.74, 6) is 0.0591. The van der Waals surface area contributed by atoms with E-state index in [2.05, 4.69) is 5.32 Å². The van der Waals surface area contributed by atoms with Crippen molar-refractivity contribution in [1.29, 1.82) is 0 Å². The van der Waals surface area contributed by atoms with Crippen molar-refractivity contribution >= 4 is 5.91 Å². The van der Waals surface area contributed by atoms with Crippen LogP contribution in [0.15, 0.2) is 0 Å². The molecule has 0 aliphatic carbocycles. The Labute approximate surface area is 119 Å². The molecule has 0 bridgehead atoms. The van der Waals surface area contributed by atoms with Gasteiger partial charge in [0.05, 0.1) is 26.4 Å². The summed E-state index contributed by atoms with van der Waals surface area (Å²) in [6, 6.07) is 0. The van der Waals surface area contributed by atoms with E-state index in [0.717, 1.165) is 6.54 Å². The number of likely N-dealkylation sites (N-methyl/N-ethyl adjacent to an activating group) is 2. The molecule has 0 aliphatic heterocycles. The number of ether oxygens (including phenoxy) is 2. The molecule has 0 atom stereocenters. The minimum Gasteiger partial charge on any atom is -0.378 e. The molecule has 0 unspecified atom stereocenters. The maximum Gasteiger partial charge on any atom is 0.219 e. The van der Waals surface area contributed by atoms with Gasteiger partial charge in [0, 0.05) is 27.1 Å². The van der Waals surface area contributed by atoms with Crippen LogP contribution in [0.25, 0.3) is 0 Å². The van der Waals surface area contributed by atoms with Crippen LogP contribution in [-0.4, -0.2) is 64.4 Å². The van der Waals surface area contributed by atoms with E-state index in [1.54, 1.807) is 18.9 Å². The van der Waals surface area contributed by atoms with Crippen molar-refractivity contribution in [3.63, 3.8) is 0 Å². The van der Waals surface area contributed by atoms with E-state index in [9.17, 15) is 4.79 Å². The van der Waals surface area contributed by atoms with Gasteiger partial charge in [-0.25, -0.2) is 0 Å². The van der Waals surface area contributed by atoms with Gasteiger partial charge in [0.15, 0.2) is 0 Å². The molecule has 0 aromatic rings. The van der Waals surface area contributed by atoms with Crippen molar-refractivity contribution in [1.82, 2.24) is 10.2 Å². The molecule has 0 radical (unpaired) electrons. The lowest BCUT2D eigenvalue weighted by molar-refractivity contribution is -0.128. The first kappa shape index (κ1) is 23.4. The molecule has 5 heteroatoms. The summed E-state index contributed by atoms with van der Waals surface area (Å²) >= 11 is 0. The lowest BCUT2D eigenvalue weighted by atomic mass is 10.5. The predicted molar refractivity (Wildman–Crippen MR) is 81.6 cm³/mol. The molecular formula is C14H34N2O3. The van der Waals surface area contributed by atoms with Gasteiger partial charge in [-0.05, 0) is 7.05 Å². The van der Waals surface area contributed by atoms with Crippen molar-refractivity contribution in [2.45, 2.75) is 34.6 Å². The van der Waals surface area contributed by atoms with E-state index in [4.69, 9.17) is 9.47 Å². The van der Waals surface area contributed by atoms with Crippen LogP contribution in [0.3, 0.4) is 0 Å². The maximum atomic E-state index is 10.8. The number of amides is 1. The highest BCUT2D eigenvalue weighted by Crippen LogP contribution is 1.84.